The molecule has 0 aliphatic carbocycles. The Balaban J connectivity index is 1.79. The van der Waals surface area contributed by atoms with Crippen LogP contribution in [0.2, 0.25) is 0 Å². The van der Waals surface area contributed by atoms with E-state index in [-0.39, 0.29) is 11.8 Å². The van der Waals surface area contributed by atoms with Crippen LogP contribution < -0.4 is 16.2 Å². The highest BCUT2D eigenvalue weighted by atomic mass is 32.1. The lowest BCUT2D eigenvalue weighted by Gasteiger charge is -2.15. The number of anilines is 1. The average molecular weight is 296 g/mol. The minimum atomic E-state index is -0.452. The van der Waals surface area contributed by atoms with Gasteiger partial charge in [-0.25, -0.2) is 0 Å². The third kappa shape index (κ3) is 4.04. The van der Waals surface area contributed by atoms with Gasteiger partial charge in [0.1, 0.15) is 5.69 Å². The predicted octanol–water partition coefficient (Wildman–Crippen LogP) is 1.56. The fraction of sp³-hybridized carbons (Fsp3) is 0.417. The molecule has 1 aromatic carbocycles. The van der Waals surface area contributed by atoms with E-state index < -0.39 is 4.92 Å². The number of nitro groups is 1. The van der Waals surface area contributed by atoms with Crippen molar-refractivity contribution in [2.75, 3.05) is 18.6 Å². The van der Waals surface area contributed by atoms with E-state index in [1.54, 1.807) is 18.2 Å². The highest BCUT2D eigenvalue weighted by molar-refractivity contribution is 7.80. The van der Waals surface area contributed by atoms with Crippen molar-refractivity contribution in [3.8, 4) is 0 Å². The zero-order valence-corrected chi connectivity index (χ0v) is 11.6. The first-order valence-electron chi connectivity index (χ1n) is 6.31. The Morgan fingerprint density at radius 2 is 2.30 bits per heavy atom. The molecule has 1 fully saturated rings. The SMILES string of the molecule is O=[N+]([O-])c1ccccc1NNC(=S)NC[C@@H]1CCCO1. The number of thiocarbonyl (C=S) groups is 1. The minimum absolute atomic E-state index is 0.0121. The molecule has 1 atom stereocenters. The lowest BCUT2D eigenvalue weighted by molar-refractivity contribution is -0.384. The van der Waals surface area contributed by atoms with Gasteiger partial charge in [0.25, 0.3) is 5.69 Å². The Morgan fingerprint density at radius 3 is 3.00 bits per heavy atom. The summed E-state index contributed by atoms with van der Waals surface area (Å²) in [5.74, 6) is 0. The molecule has 0 spiro atoms. The van der Waals surface area contributed by atoms with Crippen molar-refractivity contribution in [1.29, 1.82) is 0 Å². The van der Waals surface area contributed by atoms with Crippen molar-refractivity contribution in [2.45, 2.75) is 18.9 Å². The maximum atomic E-state index is 10.8. The molecule has 0 amide bonds. The van der Waals surface area contributed by atoms with E-state index in [1.807, 2.05) is 0 Å². The largest absolute Gasteiger partial charge is 0.376 e. The molecule has 3 N–H and O–H groups in total. The zero-order chi connectivity index (χ0) is 14.4. The maximum Gasteiger partial charge on any atom is 0.294 e. The van der Waals surface area contributed by atoms with Crippen LogP contribution in [0.25, 0.3) is 0 Å². The van der Waals surface area contributed by atoms with Crippen molar-refractivity contribution < 1.29 is 9.66 Å². The number of hydrogen-bond donors (Lipinski definition) is 3. The minimum Gasteiger partial charge on any atom is -0.376 e. The predicted molar refractivity (Wildman–Crippen MR) is 79.4 cm³/mol. The number of nitro benzene ring substituents is 1. The van der Waals surface area contributed by atoms with Crippen molar-refractivity contribution in [3.05, 3.63) is 34.4 Å². The Kier molecular flexibility index (Phi) is 5.08. The number of nitrogens with one attached hydrogen (secondary N) is 3. The Labute approximate surface area is 121 Å². The van der Waals surface area contributed by atoms with Crippen LogP contribution in [0.5, 0.6) is 0 Å². The van der Waals surface area contributed by atoms with Gasteiger partial charge in [0, 0.05) is 19.2 Å². The Hall–Kier alpha value is -1.93. The second-order valence-electron chi connectivity index (χ2n) is 4.37. The molecule has 0 unspecified atom stereocenters. The highest BCUT2D eigenvalue weighted by Gasteiger charge is 2.15. The molecule has 108 valence electrons. The molecule has 1 aromatic rings. The topological polar surface area (TPSA) is 88.5 Å². The van der Waals surface area contributed by atoms with Crippen LogP contribution in [0.4, 0.5) is 11.4 Å². The van der Waals surface area contributed by atoms with Gasteiger partial charge in [0.2, 0.25) is 0 Å². The van der Waals surface area contributed by atoms with Crippen LogP contribution in [0.1, 0.15) is 12.8 Å². The first-order valence-corrected chi connectivity index (χ1v) is 6.72. The molecule has 1 saturated heterocycles. The molecule has 1 aliphatic rings. The average Bonchev–Trinajstić information content (AvgIpc) is 2.96. The van der Waals surface area contributed by atoms with Gasteiger partial charge in [-0.2, -0.15) is 0 Å². The fourth-order valence-corrected chi connectivity index (χ4v) is 2.05. The molecule has 8 heteroatoms. The second-order valence-corrected chi connectivity index (χ2v) is 4.78. The molecule has 20 heavy (non-hydrogen) atoms. The van der Waals surface area contributed by atoms with E-state index in [2.05, 4.69) is 16.2 Å². The van der Waals surface area contributed by atoms with Gasteiger partial charge in [0.15, 0.2) is 5.11 Å². The summed E-state index contributed by atoms with van der Waals surface area (Å²) >= 11 is 5.09. The summed E-state index contributed by atoms with van der Waals surface area (Å²) in [6.45, 7) is 1.42. The normalized spacial score (nSPS) is 17.5. The van der Waals surface area contributed by atoms with Gasteiger partial charge in [-0.05, 0) is 31.1 Å². The smallest absolute Gasteiger partial charge is 0.294 e. The maximum absolute atomic E-state index is 10.8. The lowest BCUT2D eigenvalue weighted by atomic mass is 10.2. The second kappa shape index (κ2) is 7.01. The van der Waals surface area contributed by atoms with Gasteiger partial charge in [-0.15, -0.1) is 0 Å². The quantitative estimate of drug-likeness (QED) is 0.432. The molecular weight excluding hydrogens is 280 g/mol. The molecular formula is C12H16N4O3S. The summed E-state index contributed by atoms with van der Waals surface area (Å²) in [4.78, 5) is 10.4. The fourth-order valence-electron chi connectivity index (χ4n) is 1.92. The summed E-state index contributed by atoms with van der Waals surface area (Å²) in [6.07, 6.45) is 2.27. The summed E-state index contributed by atoms with van der Waals surface area (Å²) in [6, 6.07) is 6.35. The van der Waals surface area contributed by atoms with Crippen molar-refractivity contribution in [1.82, 2.24) is 10.7 Å². The molecule has 7 nitrogen and oxygen atoms in total. The van der Waals surface area contributed by atoms with Gasteiger partial charge < -0.3 is 10.1 Å². The van der Waals surface area contributed by atoms with E-state index in [0.29, 0.717) is 17.3 Å². The van der Waals surface area contributed by atoms with Crippen LogP contribution in [0.15, 0.2) is 24.3 Å². The number of ether oxygens (including phenoxy) is 1. The third-order valence-corrected chi connectivity index (χ3v) is 3.17. The van der Waals surface area contributed by atoms with Gasteiger partial charge in [-0.3, -0.25) is 21.0 Å². The Morgan fingerprint density at radius 1 is 1.50 bits per heavy atom. The monoisotopic (exact) mass is 296 g/mol. The number of nitrogens with zero attached hydrogens (tertiary/aromatic N) is 1. The van der Waals surface area contributed by atoms with Crippen LogP contribution in [-0.4, -0.2) is 29.3 Å². The number of rotatable bonds is 5. The van der Waals surface area contributed by atoms with Gasteiger partial charge in [-0.1, -0.05) is 12.1 Å². The molecule has 0 bridgehead atoms. The van der Waals surface area contributed by atoms with Crippen LogP contribution >= 0.6 is 12.2 Å². The molecule has 0 radical (unpaired) electrons. The Bertz CT molecular complexity index is 491. The van der Waals surface area contributed by atoms with E-state index in [9.17, 15) is 10.1 Å². The highest BCUT2D eigenvalue weighted by Crippen LogP contribution is 2.22. The summed E-state index contributed by atoms with van der Waals surface area (Å²) in [5.41, 5.74) is 5.81. The van der Waals surface area contributed by atoms with Crippen LogP contribution in [0.3, 0.4) is 0 Å². The summed E-state index contributed by atoms with van der Waals surface area (Å²) in [7, 11) is 0. The van der Waals surface area contributed by atoms with Gasteiger partial charge in [0.05, 0.1) is 11.0 Å². The lowest BCUT2D eigenvalue weighted by Crippen LogP contribution is -2.42. The molecule has 0 aromatic heterocycles. The van der Waals surface area contributed by atoms with Crippen molar-refractivity contribution in [3.63, 3.8) is 0 Å². The molecule has 2 rings (SSSR count). The van der Waals surface area contributed by atoms with E-state index in [0.717, 1.165) is 19.4 Å². The molecule has 1 heterocycles. The number of hydrogen-bond acceptors (Lipinski definition) is 5. The summed E-state index contributed by atoms with van der Waals surface area (Å²) in [5, 5.41) is 14.2. The number of benzene rings is 1. The first kappa shape index (κ1) is 14.5. The zero-order valence-electron chi connectivity index (χ0n) is 10.8. The summed E-state index contributed by atoms with van der Waals surface area (Å²) < 4.78 is 5.46. The standard InChI is InChI=1S/C12H16N4O3S/c17-16(18)11-6-2-1-5-10(11)14-15-12(20)13-8-9-4-3-7-19-9/h1-2,5-6,9,14H,3-4,7-8H2,(H2,13,15,20)/t9-/m0/s1. The number of hydrazine groups is 1. The van der Waals surface area contributed by atoms with E-state index in [1.165, 1.54) is 6.07 Å². The van der Waals surface area contributed by atoms with Crippen molar-refractivity contribution in [2.24, 2.45) is 0 Å². The molecule has 0 saturated carbocycles. The van der Waals surface area contributed by atoms with Crippen LogP contribution in [0, 0.1) is 10.1 Å². The molecule has 1 aliphatic heterocycles. The van der Waals surface area contributed by atoms with Crippen molar-refractivity contribution >= 4 is 28.7 Å². The number of para-hydroxylation sites is 2. The first-order chi connectivity index (χ1) is 9.66. The third-order valence-electron chi connectivity index (χ3n) is 2.93. The van der Waals surface area contributed by atoms with E-state index >= 15 is 0 Å². The van der Waals surface area contributed by atoms with Crippen LogP contribution in [-0.2, 0) is 4.74 Å². The van der Waals surface area contributed by atoms with E-state index in [4.69, 9.17) is 17.0 Å². The van der Waals surface area contributed by atoms with Gasteiger partial charge >= 0.3 is 0 Å².